The molecule has 2 aliphatic heterocycles. The third-order valence-corrected chi connectivity index (χ3v) is 5.38. The van der Waals surface area contributed by atoms with Crippen molar-refractivity contribution in [2.24, 2.45) is 0 Å². The first-order valence-electron chi connectivity index (χ1n) is 8.95. The lowest BCUT2D eigenvalue weighted by Crippen LogP contribution is -2.47. The Bertz CT molecular complexity index is 543. The van der Waals surface area contributed by atoms with E-state index in [0.717, 1.165) is 56.7 Å². The fraction of sp³-hybridized carbons (Fsp3) is 0.667. The molecule has 0 unspecified atom stereocenters. The normalized spacial score (nSPS) is 20.0. The summed E-state index contributed by atoms with van der Waals surface area (Å²) in [5.41, 5.74) is 0.662. The summed E-state index contributed by atoms with van der Waals surface area (Å²) < 4.78 is 6.32. The predicted molar refractivity (Wildman–Crippen MR) is 97.1 cm³/mol. The van der Waals surface area contributed by atoms with Crippen LogP contribution in [0.1, 0.15) is 42.5 Å². The Hall–Kier alpha value is -0.980. The summed E-state index contributed by atoms with van der Waals surface area (Å²) in [6.45, 7) is 5.56. The zero-order valence-electron chi connectivity index (χ0n) is 14.1. The largest absolute Gasteiger partial charge is 0.381 e. The molecule has 2 aliphatic rings. The molecule has 0 bridgehead atoms. The van der Waals surface area contributed by atoms with E-state index in [1.54, 1.807) is 12.4 Å². The van der Waals surface area contributed by atoms with Gasteiger partial charge in [0.15, 0.2) is 0 Å². The molecular formula is C18H26BrN3O2. The number of likely N-dealkylation sites (tertiary alicyclic amines) is 1. The third kappa shape index (κ3) is 4.77. The van der Waals surface area contributed by atoms with Gasteiger partial charge in [-0.05, 0) is 60.8 Å². The summed E-state index contributed by atoms with van der Waals surface area (Å²) in [4.78, 5) is 21.8. The lowest BCUT2D eigenvalue weighted by atomic mass is 10.1. The minimum absolute atomic E-state index is 0.0905. The van der Waals surface area contributed by atoms with E-state index in [9.17, 15) is 4.79 Å². The number of nitrogens with zero attached hydrogens (tertiary/aromatic N) is 3. The second-order valence-corrected chi connectivity index (χ2v) is 7.55. The maximum atomic E-state index is 13.1. The molecule has 1 aromatic heterocycles. The van der Waals surface area contributed by atoms with Crippen LogP contribution in [0.5, 0.6) is 0 Å². The van der Waals surface area contributed by atoms with Crippen molar-refractivity contribution in [2.75, 3.05) is 39.4 Å². The van der Waals surface area contributed by atoms with Gasteiger partial charge < -0.3 is 14.5 Å². The molecule has 0 saturated carbocycles. The summed E-state index contributed by atoms with van der Waals surface area (Å²) in [6, 6.07) is 2.14. The topological polar surface area (TPSA) is 45.7 Å². The van der Waals surface area contributed by atoms with Gasteiger partial charge in [0.1, 0.15) is 0 Å². The molecule has 0 aromatic carbocycles. The van der Waals surface area contributed by atoms with Crippen molar-refractivity contribution in [1.29, 1.82) is 0 Å². The molecule has 2 fully saturated rings. The number of piperidine rings is 1. The fourth-order valence-electron chi connectivity index (χ4n) is 3.57. The quantitative estimate of drug-likeness (QED) is 0.768. The average molecular weight is 396 g/mol. The molecule has 132 valence electrons. The zero-order chi connectivity index (χ0) is 16.8. The first kappa shape index (κ1) is 17.8. The second kappa shape index (κ2) is 8.92. The lowest BCUT2D eigenvalue weighted by Gasteiger charge is -2.36. The van der Waals surface area contributed by atoms with Gasteiger partial charge in [0.05, 0.1) is 5.56 Å². The molecule has 0 aliphatic carbocycles. The molecule has 3 heterocycles. The molecule has 0 radical (unpaired) electrons. The van der Waals surface area contributed by atoms with Gasteiger partial charge in [-0.3, -0.25) is 9.78 Å². The Balaban J connectivity index is 1.69. The van der Waals surface area contributed by atoms with E-state index in [0.29, 0.717) is 5.56 Å². The molecule has 0 atom stereocenters. The lowest BCUT2D eigenvalue weighted by molar-refractivity contribution is 0.0258. The summed E-state index contributed by atoms with van der Waals surface area (Å²) in [5.74, 6) is 0.0905. The van der Waals surface area contributed by atoms with Crippen LogP contribution in [0.3, 0.4) is 0 Å². The van der Waals surface area contributed by atoms with Crippen LogP contribution < -0.4 is 0 Å². The molecule has 1 aromatic rings. The van der Waals surface area contributed by atoms with E-state index in [-0.39, 0.29) is 11.9 Å². The number of aromatic nitrogens is 1. The monoisotopic (exact) mass is 395 g/mol. The zero-order valence-corrected chi connectivity index (χ0v) is 15.7. The Labute approximate surface area is 152 Å². The highest BCUT2D eigenvalue weighted by Crippen LogP contribution is 2.19. The van der Waals surface area contributed by atoms with Crippen molar-refractivity contribution in [3.8, 4) is 0 Å². The molecule has 5 nitrogen and oxygen atoms in total. The maximum Gasteiger partial charge on any atom is 0.255 e. The molecule has 2 saturated heterocycles. The Kier molecular flexibility index (Phi) is 6.63. The Morgan fingerprint density at radius 1 is 1.25 bits per heavy atom. The summed E-state index contributed by atoms with van der Waals surface area (Å²) in [5, 5.41) is 0. The average Bonchev–Trinajstić information content (AvgIpc) is 2.63. The first-order valence-corrected chi connectivity index (χ1v) is 9.75. The van der Waals surface area contributed by atoms with Crippen molar-refractivity contribution >= 4 is 21.8 Å². The number of hydrogen-bond acceptors (Lipinski definition) is 4. The smallest absolute Gasteiger partial charge is 0.255 e. The van der Waals surface area contributed by atoms with E-state index in [1.165, 1.54) is 19.3 Å². The van der Waals surface area contributed by atoms with Crippen LogP contribution >= 0.6 is 15.9 Å². The van der Waals surface area contributed by atoms with Gasteiger partial charge in [0, 0.05) is 49.2 Å². The van der Waals surface area contributed by atoms with Gasteiger partial charge in [-0.25, -0.2) is 0 Å². The number of carbonyl (C=O) groups excluding carboxylic acids is 1. The number of pyridine rings is 1. The van der Waals surface area contributed by atoms with Crippen molar-refractivity contribution in [2.45, 2.75) is 38.1 Å². The highest BCUT2D eigenvalue weighted by molar-refractivity contribution is 9.10. The number of amides is 1. The van der Waals surface area contributed by atoms with Crippen LogP contribution in [0.25, 0.3) is 0 Å². The van der Waals surface area contributed by atoms with Crippen molar-refractivity contribution in [1.82, 2.24) is 14.8 Å². The maximum absolute atomic E-state index is 13.1. The van der Waals surface area contributed by atoms with Crippen LogP contribution in [0.4, 0.5) is 0 Å². The van der Waals surface area contributed by atoms with Gasteiger partial charge in [0.2, 0.25) is 0 Å². The van der Waals surface area contributed by atoms with E-state index in [4.69, 9.17) is 4.74 Å². The third-order valence-electron chi connectivity index (χ3n) is 4.95. The van der Waals surface area contributed by atoms with Crippen molar-refractivity contribution in [3.05, 3.63) is 28.5 Å². The Morgan fingerprint density at radius 3 is 2.71 bits per heavy atom. The first-order chi connectivity index (χ1) is 11.7. The van der Waals surface area contributed by atoms with Crippen LogP contribution in [0.15, 0.2) is 22.9 Å². The molecular weight excluding hydrogens is 370 g/mol. The Morgan fingerprint density at radius 2 is 2.00 bits per heavy atom. The van der Waals surface area contributed by atoms with E-state index < -0.39 is 0 Å². The second-order valence-electron chi connectivity index (χ2n) is 6.64. The summed E-state index contributed by atoms with van der Waals surface area (Å²) >= 11 is 3.42. The van der Waals surface area contributed by atoms with Gasteiger partial charge in [-0.2, -0.15) is 0 Å². The van der Waals surface area contributed by atoms with Crippen LogP contribution in [0, 0.1) is 0 Å². The fourth-order valence-corrected chi connectivity index (χ4v) is 3.94. The van der Waals surface area contributed by atoms with Gasteiger partial charge >= 0.3 is 0 Å². The number of hydrogen-bond donors (Lipinski definition) is 0. The van der Waals surface area contributed by atoms with Gasteiger partial charge in [0.25, 0.3) is 5.91 Å². The highest BCUT2D eigenvalue weighted by atomic mass is 79.9. The van der Waals surface area contributed by atoms with Gasteiger partial charge in [-0.1, -0.05) is 6.42 Å². The minimum atomic E-state index is 0.0905. The van der Waals surface area contributed by atoms with E-state index in [1.807, 2.05) is 6.07 Å². The van der Waals surface area contributed by atoms with Crippen LogP contribution in [-0.4, -0.2) is 66.1 Å². The summed E-state index contributed by atoms with van der Waals surface area (Å²) in [6.07, 6.45) is 9.12. The number of ether oxygens (including phenoxy) is 1. The SMILES string of the molecule is O=C(c1cncc(Br)c1)N(CCN1CCCCC1)C1CCOCC1. The van der Waals surface area contributed by atoms with E-state index >= 15 is 0 Å². The molecule has 6 heteroatoms. The molecule has 3 rings (SSSR count). The number of halogens is 1. The number of rotatable bonds is 5. The minimum Gasteiger partial charge on any atom is -0.381 e. The molecule has 0 N–H and O–H groups in total. The van der Waals surface area contributed by atoms with Gasteiger partial charge in [-0.15, -0.1) is 0 Å². The standard InChI is InChI=1S/C18H26BrN3O2/c19-16-12-15(13-20-14-16)18(23)22(17-4-10-24-11-5-17)9-8-21-6-2-1-3-7-21/h12-14,17H,1-11H2. The number of carbonyl (C=O) groups is 1. The molecule has 0 spiro atoms. The van der Waals surface area contributed by atoms with Crippen LogP contribution in [0.2, 0.25) is 0 Å². The molecule has 24 heavy (non-hydrogen) atoms. The summed E-state index contributed by atoms with van der Waals surface area (Å²) in [7, 11) is 0. The van der Waals surface area contributed by atoms with E-state index in [2.05, 4.69) is 30.7 Å². The van der Waals surface area contributed by atoms with Crippen molar-refractivity contribution in [3.63, 3.8) is 0 Å². The van der Waals surface area contributed by atoms with Crippen molar-refractivity contribution < 1.29 is 9.53 Å². The predicted octanol–water partition coefficient (Wildman–Crippen LogP) is 2.95. The molecule has 1 amide bonds. The van der Waals surface area contributed by atoms with Crippen LogP contribution in [-0.2, 0) is 4.74 Å². The highest BCUT2D eigenvalue weighted by Gasteiger charge is 2.27.